The van der Waals surface area contributed by atoms with Crippen LogP contribution in [0.5, 0.6) is 23.0 Å². The zero-order valence-electron chi connectivity index (χ0n) is 37.7. The van der Waals surface area contributed by atoms with Gasteiger partial charge >= 0.3 is 12.4 Å². The number of nitrogens with zero attached hydrogens (tertiary/aromatic N) is 2. The molecule has 4 saturated heterocycles. The van der Waals surface area contributed by atoms with Crippen LogP contribution in [0.4, 0.5) is 26.3 Å². The molecule has 0 radical (unpaired) electrons. The third-order valence-corrected chi connectivity index (χ3v) is 10.9. The number of ether oxygens (including phenoxy) is 4. The number of hydroxylamine groups is 4. The summed E-state index contributed by atoms with van der Waals surface area (Å²) in [5, 5.41) is 16.2. The fourth-order valence-corrected chi connectivity index (χ4v) is 7.58. The highest BCUT2D eigenvalue weighted by Crippen LogP contribution is 2.28. The third-order valence-electron chi connectivity index (χ3n) is 10.9. The van der Waals surface area contributed by atoms with Crippen molar-refractivity contribution in [3.63, 3.8) is 0 Å². The molecule has 67 heavy (non-hydrogen) atoms. The maximum Gasteiger partial charge on any atom is 0.422 e. The molecule has 2 atom stereocenters. The lowest BCUT2D eigenvalue weighted by molar-refractivity contribution is -0.172. The van der Waals surface area contributed by atoms with Crippen molar-refractivity contribution in [1.82, 2.24) is 31.4 Å². The Morgan fingerprint density at radius 1 is 0.552 bits per heavy atom. The van der Waals surface area contributed by atoms with E-state index in [9.17, 15) is 35.9 Å². The number of carbonyl (C=O) groups excluding carboxylic acids is 2. The van der Waals surface area contributed by atoms with E-state index >= 15 is 0 Å². The molecular formula is C44H68Cl2F6N6O9. The molecule has 0 spiro atoms. The van der Waals surface area contributed by atoms with E-state index in [0.717, 1.165) is 103 Å². The zero-order chi connectivity index (χ0) is 45.6. The van der Waals surface area contributed by atoms with Gasteiger partial charge in [0.1, 0.15) is 49.4 Å². The monoisotopic (exact) mass is 1010 g/mol. The molecule has 4 aliphatic rings. The lowest BCUT2D eigenvalue weighted by Gasteiger charge is -2.25. The maximum atomic E-state index is 12.8. The number of carbonyl (C=O) groups is 2. The molecule has 2 unspecified atom stereocenters. The predicted octanol–water partition coefficient (Wildman–Crippen LogP) is 6.61. The molecule has 4 fully saturated rings. The fourth-order valence-electron chi connectivity index (χ4n) is 7.58. The van der Waals surface area contributed by atoms with E-state index in [1.165, 1.54) is 49.2 Å². The first-order valence-corrected chi connectivity index (χ1v) is 22.5. The van der Waals surface area contributed by atoms with Gasteiger partial charge in [-0.2, -0.15) is 36.5 Å². The molecule has 4 heterocycles. The number of amides is 2. The number of rotatable bonds is 20. The summed E-state index contributed by atoms with van der Waals surface area (Å²) in [6.07, 6.45) is 4.22. The second kappa shape index (κ2) is 31.6. The predicted molar refractivity (Wildman–Crippen MR) is 244 cm³/mol. The molecule has 15 nitrogen and oxygen atoms in total. The van der Waals surface area contributed by atoms with Crippen LogP contribution in [0.25, 0.3) is 0 Å². The number of nitrogens with one attached hydrogen (secondary N) is 4. The van der Waals surface area contributed by atoms with Crippen molar-refractivity contribution in [2.45, 2.75) is 101 Å². The first-order chi connectivity index (χ1) is 30.8. The normalized spacial score (nSPS) is 19.1. The zero-order valence-corrected chi connectivity index (χ0v) is 39.4. The van der Waals surface area contributed by atoms with Gasteiger partial charge in [0, 0.05) is 51.4 Å². The smallest absolute Gasteiger partial charge is 0.422 e. The molecular weight excluding hydrogens is 941 g/mol. The van der Waals surface area contributed by atoms with Gasteiger partial charge in [-0.05, 0) is 101 Å². The van der Waals surface area contributed by atoms with E-state index in [1.807, 2.05) is 10.1 Å². The van der Waals surface area contributed by atoms with Gasteiger partial charge in [0.05, 0.1) is 11.1 Å². The molecule has 384 valence electrons. The molecule has 2 amide bonds. The van der Waals surface area contributed by atoms with Crippen LogP contribution in [-0.4, -0.2) is 144 Å². The number of piperidine rings is 4. The van der Waals surface area contributed by atoms with Gasteiger partial charge in [-0.15, -0.1) is 24.8 Å². The van der Waals surface area contributed by atoms with Crippen molar-refractivity contribution in [3.8, 4) is 23.0 Å². The van der Waals surface area contributed by atoms with E-state index in [-0.39, 0.29) is 89.7 Å². The Balaban J connectivity index is 0.000000440. The van der Waals surface area contributed by atoms with E-state index < -0.39 is 37.4 Å². The second-order valence-electron chi connectivity index (χ2n) is 16.2. The number of hydrogen-bond acceptors (Lipinski definition) is 12. The highest BCUT2D eigenvalue weighted by molar-refractivity contribution is 5.98. The largest absolute Gasteiger partial charge is 0.490 e. The Morgan fingerprint density at radius 2 is 0.940 bits per heavy atom. The van der Waals surface area contributed by atoms with Crippen molar-refractivity contribution in [1.29, 1.82) is 0 Å². The summed E-state index contributed by atoms with van der Waals surface area (Å²) in [5.74, 6) is -0.356. The molecule has 6 N–H and O–H groups in total. The van der Waals surface area contributed by atoms with Crippen LogP contribution in [0.15, 0.2) is 36.4 Å². The van der Waals surface area contributed by atoms with Crippen LogP contribution >= 0.6 is 24.8 Å². The Labute approximate surface area is 401 Å². The Morgan fingerprint density at radius 3 is 1.28 bits per heavy atom. The molecule has 4 aliphatic heterocycles. The van der Waals surface area contributed by atoms with E-state index in [0.29, 0.717) is 26.3 Å². The fraction of sp³-hybridized carbons (Fsp3) is 0.682. The van der Waals surface area contributed by atoms with Gasteiger partial charge in [0.2, 0.25) is 0 Å². The summed E-state index contributed by atoms with van der Waals surface area (Å²) in [6.45, 7) is 4.43. The highest BCUT2D eigenvalue weighted by atomic mass is 35.5. The van der Waals surface area contributed by atoms with Crippen molar-refractivity contribution in [3.05, 3.63) is 47.5 Å². The molecule has 6 rings (SSSR count). The quantitative estimate of drug-likeness (QED) is 0.0827. The van der Waals surface area contributed by atoms with E-state index in [4.69, 9.17) is 28.6 Å². The minimum Gasteiger partial charge on any atom is -0.490 e. The average molecular weight is 1010 g/mol. The van der Waals surface area contributed by atoms with Crippen LogP contribution in [-0.2, 0) is 9.68 Å². The average Bonchev–Trinajstić information content (AvgIpc) is 3.30. The Bertz CT molecular complexity index is 1580. The number of benzene rings is 2. The van der Waals surface area contributed by atoms with Crippen molar-refractivity contribution >= 4 is 36.6 Å². The number of halogens is 8. The Kier molecular flexibility index (Phi) is 28.1. The second-order valence-corrected chi connectivity index (χ2v) is 16.2. The Hall–Kier alpha value is -3.54. The number of hydrogen-bond donors (Lipinski definition) is 4. The molecule has 0 aromatic heterocycles. The van der Waals surface area contributed by atoms with Gasteiger partial charge in [-0.25, -0.2) is 0 Å². The van der Waals surface area contributed by atoms with Gasteiger partial charge in [-0.3, -0.25) is 19.3 Å². The number of alkyl halides is 6. The van der Waals surface area contributed by atoms with Crippen molar-refractivity contribution in [2.75, 3.05) is 92.0 Å². The molecule has 0 bridgehead atoms. The summed E-state index contributed by atoms with van der Waals surface area (Å²) in [4.78, 5) is 37.0. The summed E-state index contributed by atoms with van der Waals surface area (Å²) >= 11 is 0. The first-order valence-electron chi connectivity index (χ1n) is 22.5. The first kappa shape index (κ1) is 59.6. The minimum atomic E-state index is -4.46. The van der Waals surface area contributed by atoms with Gasteiger partial charge in [0.25, 0.3) is 11.8 Å². The van der Waals surface area contributed by atoms with Crippen LogP contribution in [0.3, 0.4) is 0 Å². The lowest BCUT2D eigenvalue weighted by Crippen LogP contribution is -2.43. The van der Waals surface area contributed by atoms with E-state index in [2.05, 4.69) is 21.3 Å². The van der Waals surface area contributed by atoms with Crippen LogP contribution in [0.2, 0.25) is 0 Å². The topological polar surface area (TPSA) is 176 Å². The third kappa shape index (κ3) is 23.6. The van der Waals surface area contributed by atoms with Crippen LogP contribution in [0.1, 0.15) is 97.8 Å². The minimum absolute atomic E-state index is 0. The van der Waals surface area contributed by atoms with Gasteiger partial charge in [0.15, 0.2) is 13.2 Å². The molecule has 0 aliphatic carbocycles. The van der Waals surface area contributed by atoms with E-state index in [1.54, 1.807) is 0 Å². The van der Waals surface area contributed by atoms with Gasteiger partial charge in [-0.1, -0.05) is 25.7 Å². The summed E-state index contributed by atoms with van der Waals surface area (Å²) in [6, 6.07) is 8.59. The standard InChI is InChI=1S/2C22H32F3N3O4.2ClH.H2O/c2*23-22(24,25)16-31-18-7-8-20(30-12-13-32-28-10-4-1-5-11-28)19(14-18)21(29)27-15-17-6-2-3-9-26-17;;;/h2*7-8,14,17,26H,1-6,9-13,15-16H2,(H,27,29);2*1H;1H2. The summed E-state index contributed by atoms with van der Waals surface area (Å²) < 4.78 is 96.2. The molecule has 2 aromatic rings. The summed E-state index contributed by atoms with van der Waals surface area (Å²) in [7, 11) is 0. The SMILES string of the molecule is Cl.Cl.O.O=C(NCC1CCCCN1)c1cc(OCC(F)(F)F)ccc1OCCON1CCCCC1.O=C(NCC1CCCCN1)c1cc(OCC(F)(F)F)ccc1OCCON1CCCCC1. The van der Waals surface area contributed by atoms with Crippen LogP contribution in [0, 0.1) is 0 Å². The van der Waals surface area contributed by atoms with Gasteiger partial charge < -0.3 is 45.7 Å². The van der Waals surface area contributed by atoms with Crippen LogP contribution < -0.4 is 40.2 Å². The highest BCUT2D eigenvalue weighted by Gasteiger charge is 2.30. The van der Waals surface area contributed by atoms with Crippen molar-refractivity contribution in [2.24, 2.45) is 0 Å². The lowest BCUT2D eigenvalue weighted by atomic mass is 10.0. The molecule has 2 aromatic carbocycles. The molecule has 23 heteroatoms. The van der Waals surface area contributed by atoms with Crippen molar-refractivity contribution < 1.29 is 70.0 Å². The molecule has 0 saturated carbocycles. The summed E-state index contributed by atoms with van der Waals surface area (Å²) in [5.41, 5.74) is 0.275. The maximum absolute atomic E-state index is 12.8.